The Hall–Kier alpha value is -0.890. The van der Waals surface area contributed by atoms with Gasteiger partial charge in [-0.2, -0.15) is 0 Å². The Morgan fingerprint density at radius 1 is 1.17 bits per heavy atom. The number of hydrogen-bond donors (Lipinski definition) is 0. The van der Waals surface area contributed by atoms with Crippen molar-refractivity contribution in [2.75, 3.05) is 13.3 Å². The maximum atomic E-state index is 11.6. The second-order valence-corrected chi connectivity index (χ2v) is 2.58. The molecule has 0 unspecified atom stereocenters. The Morgan fingerprint density at radius 3 is 2.58 bits per heavy atom. The van der Waals surface area contributed by atoms with Gasteiger partial charge in [0.2, 0.25) is 0 Å². The molecule has 12 heavy (non-hydrogen) atoms. The summed E-state index contributed by atoms with van der Waals surface area (Å²) >= 11 is 0. The lowest BCUT2D eigenvalue weighted by Crippen LogP contribution is -1.95. The van der Waals surface area contributed by atoms with E-state index in [0.717, 1.165) is 5.56 Å². The van der Waals surface area contributed by atoms with E-state index in [0.29, 0.717) is 19.6 Å². The number of benzene rings is 1. The molecule has 0 heterocycles. The fourth-order valence-electron chi connectivity index (χ4n) is 0.921. The minimum Gasteiger partial charge on any atom is -0.377 e. The minimum absolute atomic E-state index is 0.297. The van der Waals surface area contributed by atoms with Gasteiger partial charge in [0.25, 0.3) is 0 Å². The third kappa shape index (κ3) is 3.49. The van der Waals surface area contributed by atoms with Crippen LogP contribution in [-0.2, 0) is 11.3 Å². The molecule has 1 aromatic carbocycles. The summed E-state index contributed by atoms with van der Waals surface area (Å²) in [6.07, 6.45) is 0.493. The standard InChI is InChI=1S/C10H13FO/c11-7-4-8-12-9-10-5-2-1-3-6-10/h1-3,5-6H,4,7-9H2. The van der Waals surface area contributed by atoms with Crippen molar-refractivity contribution >= 4 is 0 Å². The highest BCUT2D eigenvalue weighted by atomic mass is 19.1. The first kappa shape index (κ1) is 9.20. The molecule has 0 aliphatic rings. The summed E-state index contributed by atoms with van der Waals surface area (Å²) in [6, 6.07) is 9.89. The highest BCUT2D eigenvalue weighted by Crippen LogP contribution is 2.00. The van der Waals surface area contributed by atoms with Gasteiger partial charge in [-0.1, -0.05) is 30.3 Å². The van der Waals surface area contributed by atoms with Crippen LogP contribution in [0, 0.1) is 0 Å². The summed E-state index contributed by atoms with van der Waals surface area (Å²) in [4.78, 5) is 0. The van der Waals surface area contributed by atoms with Gasteiger partial charge in [0.15, 0.2) is 0 Å². The van der Waals surface area contributed by atoms with E-state index in [2.05, 4.69) is 0 Å². The van der Waals surface area contributed by atoms with Crippen molar-refractivity contribution in [1.82, 2.24) is 0 Å². The van der Waals surface area contributed by atoms with Crippen LogP contribution in [0.5, 0.6) is 0 Å². The first-order valence-corrected chi connectivity index (χ1v) is 4.11. The van der Waals surface area contributed by atoms with Gasteiger partial charge in [0.05, 0.1) is 13.3 Å². The Morgan fingerprint density at radius 2 is 1.92 bits per heavy atom. The molecule has 0 aliphatic carbocycles. The molecule has 0 fully saturated rings. The van der Waals surface area contributed by atoms with Crippen molar-refractivity contribution < 1.29 is 9.13 Å². The van der Waals surface area contributed by atoms with Crippen LogP contribution in [0.2, 0.25) is 0 Å². The molecule has 0 saturated carbocycles. The van der Waals surface area contributed by atoms with Gasteiger partial charge in [-0.15, -0.1) is 0 Å². The van der Waals surface area contributed by atoms with E-state index >= 15 is 0 Å². The SMILES string of the molecule is FCCCOCc1ccccc1. The van der Waals surface area contributed by atoms with Crippen LogP contribution in [0.25, 0.3) is 0 Å². The second-order valence-electron chi connectivity index (χ2n) is 2.58. The zero-order chi connectivity index (χ0) is 8.65. The first-order chi connectivity index (χ1) is 5.93. The van der Waals surface area contributed by atoms with Gasteiger partial charge in [-0.05, 0) is 12.0 Å². The van der Waals surface area contributed by atoms with Crippen LogP contribution in [0.1, 0.15) is 12.0 Å². The molecule has 0 spiro atoms. The van der Waals surface area contributed by atoms with Crippen molar-refractivity contribution in [1.29, 1.82) is 0 Å². The quantitative estimate of drug-likeness (QED) is 0.614. The van der Waals surface area contributed by atoms with E-state index in [1.807, 2.05) is 30.3 Å². The van der Waals surface area contributed by atoms with Crippen molar-refractivity contribution in [2.45, 2.75) is 13.0 Å². The summed E-state index contributed by atoms with van der Waals surface area (Å²) in [7, 11) is 0. The molecule has 66 valence electrons. The maximum absolute atomic E-state index is 11.6. The number of halogens is 1. The van der Waals surface area contributed by atoms with Crippen LogP contribution < -0.4 is 0 Å². The summed E-state index contributed by atoms with van der Waals surface area (Å²) in [6.45, 7) is 0.793. The fraction of sp³-hybridized carbons (Fsp3) is 0.400. The molecular weight excluding hydrogens is 155 g/mol. The molecule has 0 N–H and O–H groups in total. The van der Waals surface area contributed by atoms with E-state index in [1.165, 1.54) is 0 Å². The third-order valence-corrected chi connectivity index (χ3v) is 1.53. The normalized spacial score (nSPS) is 10.1. The molecule has 0 amide bonds. The predicted molar refractivity (Wildman–Crippen MR) is 46.7 cm³/mol. The molecule has 0 atom stereocenters. The largest absolute Gasteiger partial charge is 0.377 e. The lowest BCUT2D eigenvalue weighted by atomic mass is 10.2. The van der Waals surface area contributed by atoms with Crippen molar-refractivity contribution in [2.24, 2.45) is 0 Å². The number of hydrogen-bond acceptors (Lipinski definition) is 1. The van der Waals surface area contributed by atoms with Gasteiger partial charge >= 0.3 is 0 Å². The molecule has 0 aromatic heterocycles. The van der Waals surface area contributed by atoms with Gasteiger partial charge in [-0.25, -0.2) is 0 Å². The van der Waals surface area contributed by atoms with Crippen LogP contribution in [0.15, 0.2) is 30.3 Å². The maximum Gasteiger partial charge on any atom is 0.0916 e. The predicted octanol–water partition coefficient (Wildman–Crippen LogP) is 2.56. The lowest BCUT2D eigenvalue weighted by molar-refractivity contribution is 0.113. The topological polar surface area (TPSA) is 9.23 Å². The molecule has 2 heteroatoms. The van der Waals surface area contributed by atoms with E-state index in [1.54, 1.807) is 0 Å². The second kappa shape index (κ2) is 5.72. The zero-order valence-corrected chi connectivity index (χ0v) is 7.00. The molecule has 1 nitrogen and oxygen atoms in total. The fourth-order valence-corrected chi connectivity index (χ4v) is 0.921. The lowest BCUT2D eigenvalue weighted by Gasteiger charge is -2.01. The molecule has 0 bridgehead atoms. The van der Waals surface area contributed by atoms with Gasteiger partial charge < -0.3 is 4.74 Å². The van der Waals surface area contributed by atoms with E-state index in [-0.39, 0.29) is 6.67 Å². The van der Waals surface area contributed by atoms with Crippen LogP contribution in [0.3, 0.4) is 0 Å². The van der Waals surface area contributed by atoms with Gasteiger partial charge in [-0.3, -0.25) is 4.39 Å². The number of ether oxygens (including phenoxy) is 1. The van der Waals surface area contributed by atoms with Crippen molar-refractivity contribution in [3.8, 4) is 0 Å². The Balaban J connectivity index is 2.16. The average molecular weight is 168 g/mol. The third-order valence-electron chi connectivity index (χ3n) is 1.53. The van der Waals surface area contributed by atoms with E-state index in [9.17, 15) is 4.39 Å². The number of alkyl halides is 1. The van der Waals surface area contributed by atoms with Gasteiger partial charge in [0.1, 0.15) is 0 Å². The molecular formula is C10H13FO. The van der Waals surface area contributed by atoms with Crippen LogP contribution >= 0.6 is 0 Å². The highest BCUT2D eigenvalue weighted by molar-refractivity contribution is 5.13. The van der Waals surface area contributed by atoms with Gasteiger partial charge in [0, 0.05) is 6.61 Å². The van der Waals surface area contributed by atoms with Crippen molar-refractivity contribution in [3.63, 3.8) is 0 Å². The van der Waals surface area contributed by atoms with Crippen LogP contribution in [0.4, 0.5) is 4.39 Å². The average Bonchev–Trinajstić information content (AvgIpc) is 2.14. The Bertz CT molecular complexity index is 198. The monoisotopic (exact) mass is 168 g/mol. The minimum atomic E-state index is -0.297. The van der Waals surface area contributed by atoms with Crippen LogP contribution in [-0.4, -0.2) is 13.3 Å². The zero-order valence-electron chi connectivity index (χ0n) is 7.00. The highest BCUT2D eigenvalue weighted by Gasteiger charge is 1.90. The van der Waals surface area contributed by atoms with Crippen molar-refractivity contribution in [3.05, 3.63) is 35.9 Å². The van der Waals surface area contributed by atoms with E-state index < -0.39 is 0 Å². The first-order valence-electron chi connectivity index (χ1n) is 4.11. The summed E-state index contributed by atoms with van der Waals surface area (Å²) in [5.41, 5.74) is 1.14. The molecule has 0 aliphatic heterocycles. The van der Waals surface area contributed by atoms with E-state index in [4.69, 9.17) is 4.74 Å². The summed E-state index contributed by atoms with van der Waals surface area (Å²) in [5.74, 6) is 0. The Kier molecular flexibility index (Phi) is 4.39. The number of rotatable bonds is 5. The Labute approximate surface area is 72.2 Å². The molecule has 0 radical (unpaired) electrons. The summed E-state index contributed by atoms with van der Waals surface area (Å²) in [5, 5.41) is 0. The molecule has 1 aromatic rings. The smallest absolute Gasteiger partial charge is 0.0916 e. The molecule has 1 rings (SSSR count). The molecule has 0 saturated heterocycles. The summed E-state index contributed by atoms with van der Waals surface area (Å²) < 4.78 is 16.9.